The first kappa shape index (κ1) is 13.8. The maximum atomic E-state index is 11.0. The maximum absolute atomic E-state index is 11.0. The summed E-state index contributed by atoms with van der Waals surface area (Å²) >= 11 is 7.72. The van der Waals surface area contributed by atoms with Crippen LogP contribution in [0.3, 0.4) is 0 Å². The molecule has 2 N–H and O–H groups in total. The zero-order valence-corrected chi connectivity index (χ0v) is 11.9. The van der Waals surface area contributed by atoms with E-state index in [9.17, 15) is 4.79 Å². The topological polar surface area (TPSA) is 62.2 Å². The van der Waals surface area contributed by atoms with E-state index in [-0.39, 0.29) is 10.6 Å². The van der Waals surface area contributed by atoms with Crippen LogP contribution in [0.2, 0.25) is 5.02 Å². The highest BCUT2D eigenvalue weighted by Gasteiger charge is 2.13. The molecule has 19 heavy (non-hydrogen) atoms. The Balaban J connectivity index is 2.11. The standard InChI is InChI=1S/C13H13ClN2O2S/c1-2-8-3-4-9(19-8)7-16-12-11(14)10(13(17)18)5-6-15-12/h3-6H,2,7H2,1H3,(H,15,16)(H,17,18). The summed E-state index contributed by atoms with van der Waals surface area (Å²) in [7, 11) is 0. The van der Waals surface area contributed by atoms with Crippen LogP contribution in [0.4, 0.5) is 5.82 Å². The number of thiophene rings is 1. The summed E-state index contributed by atoms with van der Waals surface area (Å²) in [6, 6.07) is 5.52. The van der Waals surface area contributed by atoms with E-state index in [0.717, 1.165) is 11.3 Å². The number of aromatic nitrogens is 1. The van der Waals surface area contributed by atoms with E-state index < -0.39 is 5.97 Å². The lowest BCUT2D eigenvalue weighted by atomic mass is 10.2. The number of nitrogens with one attached hydrogen (secondary N) is 1. The second-order valence-electron chi connectivity index (χ2n) is 3.90. The van der Waals surface area contributed by atoms with Gasteiger partial charge in [0.15, 0.2) is 0 Å². The summed E-state index contributed by atoms with van der Waals surface area (Å²) in [5, 5.41) is 12.2. The molecule has 2 heterocycles. The molecular weight excluding hydrogens is 284 g/mol. The minimum atomic E-state index is -1.06. The van der Waals surface area contributed by atoms with Crippen molar-refractivity contribution in [3.8, 4) is 0 Å². The first-order valence-corrected chi connectivity index (χ1v) is 7.00. The molecule has 4 nitrogen and oxygen atoms in total. The molecular formula is C13H13ClN2O2S. The van der Waals surface area contributed by atoms with Crippen molar-refractivity contribution >= 4 is 34.7 Å². The fourth-order valence-electron chi connectivity index (χ4n) is 1.61. The molecule has 6 heteroatoms. The average Bonchev–Trinajstić information content (AvgIpc) is 2.85. The molecule has 0 radical (unpaired) electrons. The van der Waals surface area contributed by atoms with Gasteiger partial charge in [0.25, 0.3) is 0 Å². The molecule has 2 rings (SSSR count). The van der Waals surface area contributed by atoms with Gasteiger partial charge in [0.2, 0.25) is 0 Å². The van der Waals surface area contributed by atoms with Crippen LogP contribution in [0.5, 0.6) is 0 Å². The van der Waals surface area contributed by atoms with Crippen LogP contribution in [0.25, 0.3) is 0 Å². The van der Waals surface area contributed by atoms with Gasteiger partial charge in [-0.05, 0) is 24.6 Å². The van der Waals surface area contributed by atoms with Crippen molar-refractivity contribution in [3.63, 3.8) is 0 Å². The molecule has 0 unspecified atom stereocenters. The van der Waals surface area contributed by atoms with Crippen LogP contribution >= 0.6 is 22.9 Å². The van der Waals surface area contributed by atoms with Gasteiger partial charge in [0, 0.05) is 16.0 Å². The average molecular weight is 297 g/mol. The number of aromatic carboxylic acids is 1. The highest BCUT2D eigenvalue weighted by Crippen LogP contribution is 2.25. The number of carboxylic acids is 1. The minimum absolute atomic E-state index is 0.0552. The van der Waals surface area contributed by atoms with Crippen molar-refractivity contribution in [1.82, 2.24) is 4.98 Å². The summed E-state index contributed by atoms with van der Waals surface area (Å²) < 4.78 is 0. The molecule has 0 fully saturated rings. The van der Waals surface area contributed by atoms with E-state index >= 15 is 0 Å². The number of hydrogen-bond acceptors (Lipinski definition) is 4. The lowest BCUT2D eigenvalue weighted by Crippen LogP contribution is -2.04. The van der Waals surface area contributed by atoms with Crippen LogP contribution in [0, 0.1) is 0 Å². The van der Waals surface area contributed by atoms with Crippen molar-refractivity contribution in [2.45, 2.75) is 19.9 Å². The third kappa shape index (κ3) is 3.24. The number of hydrogen-bond donors (Lipinski definition) is 2. The molecule has 0 spiro atoms. The molecule has 0 saturated carbocycles. The normalized spacial score (nSPS) is 10.4. The summed E-state index contributed by atoms with van der Waals surface area (Å²) in [4.78, 5) is 17.5. The smallest absolute Gasteiger partial charge is 0.337 e. The van der Waals surface area contributed by atoms with Crippen molar-refractivity contribution in [2.24, 2.45) is 0 Å². The first-order chi connectivity index (χ1) is 9.11. The summed E-state index contributed by atoms with van der Waals surface area (Å²) in [5.41, 5.74) is 0.0552. The Morgan fingerprint density at radius 2 is 2.16 bits per heavy atom. The fraction of sp³-hybridized carbons (Fsp3) is 0.231. The third-order valence-electron chi connectivity index (χ3n) is 2.62. The zero-order chi connectivity index (χ0) is 13.8. The van der Waals surface area contributed by atoms with Gasteiger partial charge in [-0.3, -0.25) is 0 Å². The van der Waals surface area contributed by atoms with Gasteiger partial charge < -0.3 is 10.4 Å². The van der Waals surface area contributed by atoms with E-state index in [1.807, 2.05) is 6.07 Å². The molecule has 0 bridgehead atoms. The second-order valence-corrected chi connectivity index (χ2v) is 5.53. The lowest BCUT2D eigenvalue weighted by molar-refractivity contribution is 0.0697. The quantitative estimate of drug-likeness (QED) is 0.884. The van der Waals surface area contributed by atoms with Crippen molar-refractivity contribution < 1.29 is 9.90 Å². The Kier molecular flexibility index (Phi) is 4.39. The molecule has 0 aliphatic heterocycles. The molecule has 0 saturated heterocycles. The van der Waals surface area contributed by atoms with E-state index in [4.69, 9.17) is 16.7 Å². The Morgan fingerprint density at radius 1 is 1.42 bits per heavy atom. The number of rotatable bonds is 5. The third-order valence-corrected chi connectivity index (χ3v) is 4.23. The van der Waals surface area contributed by atoms with Crippen molar-refractivity contribution in [3.05, 3.63) is 44.7 Å². The number of pyridine rings is 1. The van der Waals surface area contributed by atoms with E-state index in [2.05, 4.69) is 23.3 Å². The molecule has 0 amide bonds. The van der Waals surface area contributed by atoms with Crippen LogP contribution in [0.1, 0.15) is 27.0 Å². The predicted octanol–water partition coefficient (Wildman–Crippen LogP) is 3.67. The van der Waals surface area contributed by atoms with E-state index in [1.165, 1.54) is 17.1 Å². The number of carboxylic acid groups (broad SMARTS) is 1. The molecule has 100 valence electrons. The lowest BCUT2D eigenvalue weighted by Gasteiger charge is -2.07. The largest absolute Gasteiger partial charge is 0.478 e. The number of carbonyl (C=O) groups is 1. The van der Waals surface area contributed by atoms with Gasteiger partial charge >= 0.3 is 5.97 Å². The first-order valence-electron chi connectivity index (χ1n) is 5.81. The zero-order valence-electron chi connectivity index (χ0n) is 10.3. The van der Waals surface area contributed by atoms with Crippen LogP contribution in [-0.4, -0.2) is 16.1 Å². The minimum Gasteiger partial charge on any atom is -0.478 e. The molecule has 2 aromatic rings. The SMILES string of the molecule is CCc1ccc(CNc2nccc(C(=O)O)c2Cl)s1. The Bertz CT molecular complexity index is 598. The van der Waals surface area contributed by atoms with Crippen molar-refractivity contribution in [2.75, 3.05) is 5.32 Å². The molecule has 0 atom stereocenters. The molecule has 0 aliphatic rings. The van der Waals surface area contributed by atoms with E-state index in [1.54, 1.807) is 11.3 Å². The van der Waals surface area contributed by atoms with Gasteiger partial charge in [0.05, 0.1) is 17.1 Å². The maximum Gasteiger partial charge on any atom is 0.337 e. The van der Waals surface area contributed by atoms with Gasteiger partial charge in [-0.25, -0.2) is 9.78 Å². The number of anilines is 1. The fourth-order valence-corrected chi connectivity index (χ4v) is 2.77. The summed E-state index contributed by atoms with van der Waals surface area (Å²) in [6.07, 6.45) is 2.45. The Hall–Kier alpha value is -1.59. The molecule has 0 aromatic carbocycles. The monoisotopic (exact) mass is 296 g/mol. The Labute approximate surface area is 120 Å². The number of aryl methyl sites for hydroxylation is 1. The van der Waals surface area contributed by atoms with E-state index in [0.29, 0.717) is 12.4 Å². The summed E-state index contributed by atoms with van der Waals surface area (Å²) in [5.74, 6) is -0.659. The molecule has 2 aromatic heterocycles. The van der Waals surface area contributed by atoms with Crippen LogP contribution in [-0.2, 0) is 13.0 Å². The van der Waals surface area contributed by atoms with Crippen LogP contribution in [0.15, 0.2) is 24.4 Å². The van der Waals surface area contributed by atoms with Crippen LogP contribution < -0.4 is 5.32 Å². The number of nitrogens with zero attached hydrogens (tertiary/aromatic N) is 1. The Morgan fingerprint density at radius 3 is 2.79 bits per heavy atom. The van der Waals surface area contributed by atoms with Gasteiger partial charge in [-0.2, -0.15) is 0 Å². The van der Waals surface area contributed by atoms with Crippen molar-refractivity contribution in [1.29, 1.82) is 0 Å². The number of halogens is 1. The van der Waals surface area contributed by atoms with Gasteiger partial charge in [-0.15, -0.1) is 11.3 Å². The summed E-state index contributed by atoms with van der Waals surface area (Å²) in [6.45, 7) is 2.69. The highest BCUT2D eigenvalue weighted by atomic mass is 35.5. The van der Waals surface area contributed by atoms with Gasteiger partial charge in [-0.1, -0.05) is 18.5 Å². The molecule has 0 aliphatic carbocycles. The second kappa shape index (κ2) is 6.04. The predicted molar refractivity (Wildman–Crippen MR) is 77.2 cm³/mol. The van der Waals surface area contributed by atoms with Gasteiger partial charge in [0.1, 0.15) is 5.82 Å². The highest BCUT2D eigenvalue weighted by molar-refractivity contribution is 7.12.